The van der Waals surface area contributed by atoms with Gasteiger partial charge in [0.2, 0.25) is 0 Å². The van der Waals surface area contributed by atoms with Crippen LogP contribution in [0.25, 0.3) is 0 Å². The Bertz CT molecular complexity index is 756. The fourth-order valence-electron chi connectivity index (χ4n) is 1.91. The molecule has 0 aliphatic rings. The summed E-state index contributed by atoms with van der Waals surface area (Å²) < 4.78 is 29.0. The monoisotopic (exact) mass is 328 g/mol. The molecule has 0 bridgehead atoms. The minimum absolute atomic E-state index is 0.00259. The van der Waals surface area contributed by atoms with Crippen LogP contribution >= 0.6 is 11.6 Å². The molecule has 21 heavy (non-hydrogen) atoms. The Morgan fingerprint density at radius 3 is 2.62 bits per heavy atom. The van der Waals surface area contributed by atoms with E-state index in [1.165, 1.54) is 6.07 Å². The van der Waals surface area contributed by atoms with E-state index in [9.17, 15) is 8.42 Å². The quantitative estimate of drug-likeness (QED) is 0.856. The minimum Gasteiger partial charge on any atom is -0.334 e. The number of nitrogens with one attached hydrogen (secondary N) is 1. The van der Waals surface area contributed by atoms with Gasteiger partial charge in [0.15, 0.2) is 5.03 Å². The SMILES string of the molecule is CCCn1cc(S(=O)(=O)Nc2ccc(Cl)nc2C)nc1C. The highest BCUT2D eigenvalue weighted by Gasteiger charge is 2.20. The number of hydrogen-bond acceptors (Lipinski definition) is 4. The highest BCUT2D eigenvalue weighted by molar-refractivity contribution is 7.92. The van der Waals surface area contributed by atoms with Crippen LogP contribution in [0.3, 0.4) is 0 Å². The lowest BCUT2D eigenvalue weighted by atomic mass is 10.3. The van der Waals surface area contributed by atoms with Gasteiger partial charge in [0, 0.05) is 12.7 Å². The standard InChI is InChI=1S/C13H17ClN4O2S/c1-4-7-18-8-13(16-10(18)3)21(19,20)17-11-5-6-12(14)15-9(11)2/h5-6,8,17H,4,7H2,1-3H3. The minimum atomic E-state index is -3.73. The summed E-state index contributed by atoms with van der Waals surface area (Å²) in [6.07, 6.45) is 2.45. The zero-order chi connectivity index (χ0) is 15.6. The van der Waals surface area contributed by atoms with Crippen LogP contribution in [0.15, 0.2) is 23.4 Å². The second kappa shape index (κ2) is 6.03. The molecule has 2 aromatic heterocycles. The highest BCUT2D eigenvalue weighted by atomic mass is 35.5. The van der Waals surface area contributed by atoms with Crippen molar-refractivity contribution in [1.29, 1.82) is 0 Å². The van der Waals surface area contributed by atoms with E-state index < -0.39 is 10.0 Å². The molecule has 8 heteroatoms. The number of aryl methyl sites for hydroxylation is 3. The topological polar surface area (TPSA) is 76.9 Å². The maximum Gasteiger partial charge on any atom is 0.281 e. The first kappa shape index (κ1) is 15.8. The fraction of sp³-hybridized carbons (Fsp3) is 0.385. The zero-order valence-corrected chi connectivity index (χ0v) is 13.7. The van der Waals surface area contributed by atoms with Gasteiger partial charge in [0.25, 0.3) is 10.0 Å². The van der Waals surface area contributed by atoms with Crippen LogP contribution in [-0.2, 0) is 16.6 Å². The van der Waals surface area contributed by atoms with Crippen molar-refractivity contribution in [2.75, 3.05) is 4.72 Å². The average Bonchev–Trinajstić information content (AvgIpc) is 2.76. The number of imidazole rings is 1. The Hall–Kier alpha value is -1.60. The van der Waals surface area contributed by atoms with Crippen LogP contribution < -0.4 is 4.72 Å². The number of anilines is 1. The predicted octanol–water partition coefficient (Wildman–Crippen LogP) is 2.76. The third-order valence-electron chi connectivity index (χ3n) is 2.99. The molecule has 0 aliphatic carbocycles. The maximum atomic E-state index is 12.4. The summed E-state index contributed by atoms with van der Waals surface area (Å²) >= 11 is 5.76. The van der Waals surface area contributed by atoms with E-state index in [0.29, 0.717) is 22.4 Å². The highest BCUT2D eigenvalue weighted by Crippen LogP contribution is 2.20. The van der Waals surface area contributed by atoms with E-state index >= 15 is 0 Å². The van der Waals surface area contributed by atoms with Gasteiger partial charge in [-0.15, -0.1) is 0 Å². The second-order valence-corrected chi connectivity index (χ2v) is 6.71. The van der Waals surface area contributed by atoms with Crippen molar-refractivity contribution >= 4 is 27.3 Å². The molecular formula is C13H17ClN4O2S. The summed E-state index contributed by atoms with van der Waals surface area (Å²) in [6.45, 7) is 6.22. The Morgan fingerprint density at radius 2 is 2.00 bits per heavy atom. The number of rotatable bonds is 5. The number of aromatic nitrogens is 3. The van der Waals surface area contributed by atoms with Crippen LogP contribution in [0.1, 0.15) is 24.9 Å². The predicted molar refractivity (Wildman–Crippen MR) is 82.0 cm³/mol. The van der Waals surface area contributed by atoms with Gasteiger partial charge >= 0.3 is 0 Å². The molecule has 2 heterocycles. The molecule has 114 valence electrons. The third-order valence-corrected chi connectivity index (χ3v) is 4.44. The molecular weight excluding hydrogens is 312 g/mol. The summed E-state index contributed by atoms with van der Waals surface area (Å²) in [6, 6.07) is 3.12. The molecule has 1 N–H and O–H groups in total. The number of sulfonamides is 1. The van der Waals surface area contributed by atoms with Crippen LogP contribution in [0.4, 0.5) is 5.69 Å². The van der Waals surface area contributed by atoms with Crippen molar-refractivity contribution in [3.05, 3.63) is 35.0 Å². The van der Waals surface area contributed by atoms with Gasteiger partial charge in [-0.3, -0.25) is 4.72 Å². The Kier molecular flexibility index (Phi) is 4.53. The largest absolute Gasteiger partial charge is 0.334 e. The van der Waals surface area contributed by atoms with E-state index in [2.05, 4.69) is 14.7 Å². The molecule has 2 aromatic rings. The molecule has 0 atom stereocenters. The van der Waals surface area contributed by atoms with Gasteiger partial charge in [-0.2, -0.15) is 8.42 Å². The molecule has 0 amide bonds. The Morgan fingerprint density at radius 1 is 1.29 bits per heavy atom. The fourth-order valence-corrected chi connectivity index (χ4v) is 3.23. The van der Waals surface area contributed by atoms with Crippen LogP contribution in [0, 0.1) is 13.8 Å². The van der Waals surface area contributed by atoms with E-state index in [1.807, 2.05) is 11.5 Å². The molecule has 0 unspecified atom stereocenters. The van der Waals surface area contributed by atoms with E-state index in [-0.39, 0.29) is 5.03 Å². The van der Waals surface area contributed by atoms with E-state index in [1.54, 1.807) is 26.1 Å². The lowest BCUT2D eigenvalue weighted by molar-refractivity contribution is 0.597. The summed E-state index contributed by atoms with van der Waals surface area (Å²) in [5.74, 6) is 0.670. The number of pyridine rings is 1. The summed E-state index contributed by atoms with van der Waals surface area (Å²) in [5.41, 5.74) is 0.901. The van der Waals surface area contributed by atoms with Gasteiger partial charge in [0.05, 0.1) is 11.4 Å². The molecule has 0 spiro atoms. The Balaban J connectivity index is 2.32. The molecule has 0 fully saturated rings. The average molecular weight is 329 g/mol. The summed E-state index contributed by atoms with van der Waals surface area (Å²) in [4.78, 5) is 8.13. The van der Waals surface area contributed by atoms with Gasteiger partial charge in [0.1, 0.15) is 11.0 Å². The molecule has 0 saturated heterocycles. The van der Waals surface area contributed by atoms with Crippen molar-refractivity contribution in [2.24, 2.45) is 0 Å². The molecule has 6 nitrogen and oxygen atoms in total. The second-order valence-electron chi connectivity index (χ2n) is 4.69. The van der Waals surface area contributed by atoms with Gasteiger partial charge in [-0.05, 0) is 32.4 Å². The molecule has 0 saturated carbocycles. The van der Waals surface area contributed by atoms with Crippen molar-refractivity contribution in [2.45, 2.75) is 38.8 Å². The maximum absolute atomic E-state index is 12.4. The van der Waals surface area contributed by atoms with E-state index in [4.69, 9.17) is 11.6 Å². The van der Waals surface area contributed by atoms with Gasteiger partial charge < -0.3 is 4.57 Å². The first-order chi connectivity index (χ1) is 9.83. The molecule has 0 aliphatic heterocycles. The number of hydrogen-bond donors (Lipinski definition) is 1. The van der Waals surface area contributed by atoms with Crippen LogP contribution in [0.2, 0.25) is 5.15 Å². The Labute approximate surface area is 129 Å². The van der Waals surface area contributed by atoms with Gasteiger partial charge in [-0.25, -0.2) is 9.97 Å². The third kappa shape index (κ3) is 3.54. The van der Waals surface area contributed by atoms with Gasteiger partial charge in [-0.1, -0.05) is 18.5 Å². The summed E-state index contributed by atoms with van der Waals surface area (Å²) in [5, 5.41) is 0.321. The summed E-state index contributed by atoms with van der Waals surface area (Å²) in [7, 11) is -3.73. The van der Waals surface area contributed by atoms with Crippen molar-refractivity contribution in [1.82, 2.24) is 14.5 Å². The van der Waals surface area contributed by atoms with E-state index in [0.717, 1.165) is 13.0 Å². The lowest BCUT2D eigenvalue weighted by Crippen LogP contribution is -2.14. The lowest BCUT2D eigenvalue weighted by Gasteiger charge is -2.08. The van der Waals surface area contributed by atoms with Crippen LogP contribution in [0.5, 0.6) is 0 Å². The van der Waals surface area contributed by atoms with Crippen molar-refractivity contribution in [3.63, 3.8) is 0 Å². The number of halogens is 1. The number of nitrogens with zero attached hydrogens (tertiary/aromatic N) is 3. The smallest absolute Gasteiger partial charge is 0.281 e. The van der Waals surface area contributed by atoms with Crippen molar-refractivity contribution in [3.8, 4) is 0 Å². The zero-order valence-electron chi connectivity index (χ0n) is 12.1. The molecule has 0 radical (unpaired) electrons. The molecule has 0 aromatic carbocycles. The normalized spacial score (nSPS) is 11.6. The van der Waals surface area contributed by atoms with Crippen LogP contribution in [-0.4, -0.2) is 23.0 Å². The first-order valence-electron chi connectivity index (χ1n) is 6.53. The molecule has 2 rings (SSSR count). The van der Waals surface area contributed by atoms with Crippen molar-refractivity contribution < 1.29 is 8.42 Å². The first-order valence-corrected chi connectivity index (χ1v) is 8.39.